The van der Waals surface area contributed by atoms with Gasteiger partial charge in [-0.15, -0.1) is 5.10 Å². The van der Waals surface area contributed by atoms with E-state index in [1.807, 2.05) is 10.9 Å². The Bertz CT molecular complexity index is 776. The van der Waals surface area contributed by atoms with Crippen molar-refractivity contribution in [3.8, 4) is 0 Å². The molecule has 0 amide bonds. The molecular formula is C21H30N4O2. The number of carboxylic acid groups (broad SMARTS) is 1. The summed E-state index contributed by atoms with van der Waals surface area (Å²) in [7, 11) is 0. The molecule has 27 heavy (non-hydrogen) atoms. The molecule has 1 fully saturated rings. The number of carboxylic acids is 1. The van der Waals surface area contributed by atoms with Crippen LogP contribution in [-0.4, -0.2) is 32.1 Å². The van der Waals surface area contributed by atoms with Crippen LogP contribution in [0.2, 0.25) is 0 Å². The molecule has 1 aliphatic carbocycles. The molecule has 1 unspecified atom stereocenters. The Morgan fingerprint density at radius 1 is 1.22 bits per heavy atom. The van der Waals surface area contributed by atoms with Gasteiger partial charge in [0.15, 0.2) is 0 Å². The molecule has 0 saturated heterocycles. The third kappa shape index (κ3) is 4.56. The number of carbonyl (C=O) groups is 1. The average Bonchev–Trinajstić information content (AvgIpc) is 3.27. The SMILES string of the molecule is CCc1ccc(CN[C@@H]2CC(C(=O)O)C[C@@H]2n2cc(C(C)(C)C)nn2)cc1. The molecule has 2 aromatic rings. The number of aliphatic carboxylic acids is 1. The first kappa shape index (κ1) is 19.5. The summed E-state index contributed by atoms with van der Waals surface area (Å²) in [4.78, 5) is 11.6. The number of aryl methyl sites for hydroxylation is 1. The summed E-state index contributed by atoms with van der Waals surface area (Å²) in [5.41, 5.74) is 3.38. The van der Waals surface area contributed by atoms with Crippen molar-refractivity contribution < 1.29 is 9.90 Å². The molecule has 1 aliphatic rings. The van der Waals surface area contributed by atoms with Crippen LogP contribution in [0.5, 0.6) is 0 Å². The van der Waals surface area contributed by atoms with Crippen LogP contribution in [0.25, 0.3) is 0 Å². The second-order valence-electron chi connectivity index (χ2n) is 8.57. The highest BCUT2D eigenvalue weighted by Crippen LogP contribution is 2.35. The molecular weight excluding hydrogens is 340 g/mol. The lowest BCUT2D eigenvalue weighted by molar-refractivity contribution is -0.141. The van der Waals surface area contributed by atoms with Crippen molar-refractivity contribution >= 4 is 5.97 Å². The predicted molar refractivity (Wildman–Crippen MR) is 105 cm³/mol. The molecule has 3 rings (SSSR count). The zero-order valence-electron chi connectivity index (χ0n) is 16.6. The summed E-state index contributed by atoms with van der Waals surface area (Å²) in [6.07, 6.45) is 4.19. The number of aromatic nitrogens is 3. The van der Waals surface area contributed by atoms with Crippen molar-refractivity contribution in [1.82, 2.24) is 20.3 Å². The third-order valence-electron chi connectivity index (χ3n) is 5.50. The maximum absolute atomic E-state index is 11.6. The molecule has 6 heteroatoms. The van der Waals surface area contributed by atoms with Gasteiger partial charge in [0.1, 0.15) is 0 Å². The molecule has 6 nitrogen and oxygen atoms in total. The van der Waals surface area contributed by atoms with Gasteiger partial charge in [-0.05, 0) is 30.4 Å². The third-order valence-corrected chi connectivity index (χ3v) is 5.50. The summed E-state index contributed by atoms with van der Waals surface area (Å²) >= 11 is 0. The molecule has 1 aromatic heterocycles. The van der Waals surface area contributed by atoms with Gasteiger partial charge in [-0.3, -0.25) is 4.79 Å². The smallest absolute Gasteiger partial charge is 0.306 e. The van der Waals surface area contributed by atoms with Gasteiger partial charge in [0.05, 0.1) is 17.7 Å². The van der Waals surface area contributed by atoms with Crippen LogP contribution in [0.1, 0.15) is 63.4 Å². The van der Waals surface area contributed by atoms with E-state index < -0.39 is 5.97 Å². The highest BCUT2D eigenvalue weighted by molar-refractivity contribution is 5.70. The Kier molecular flexibility index (Phi) is 5.65. The van der Waals surface area contributed by atoms with E-state index >= 15 is 0 Å². The lowest BCUT2D eigenvalue weighted by Gasteiger charge is -2.21. The molecule has 1 aromatic carbocycles. The van der Waals surface area contributed by atoms with E-state index in [1.54, 1.807) is 0 Å². The number of rotatable bonds is 6. The van der Waals surface area contributed by atoms with Gasteiger partial charge in [-0.1, -0.05) is 57.2 Å². The standard InChI is InChI=1S/C21H30N4O2/c1-5-14-6-8-15(9-7-14)12-22-17-10-16(20(26)27)11-18(17)25-13-19(23-24-25)21(2,3)4/h6-9,13,16-18,22H,5,10-12H2,1-4H3,(H,26,27)/t16?,17-,18+/m1/s1. The fourth-order valence-corrected chi connectivity index (χ4v) is 3.65. The summed E-state index contributed by atoms with van der Waals surface area (Å²) < 4.78 is 1.86. The second kappa shape index (κ2) is 7.80. The molecule has 146 valence electrons. The van der Waals surface area contributed by atoms with Gasteiger partial charge in [0.25, 0.3) is 0 Å². The van der Waals surface area contributed by atoms with Crippen molar-refractivity contribution in [3.05, 3.63) is 47.3 Å². The fraction of sp³-hybridized carbons (Fsp3) is 0.571. The van der Waals surface area contributed by atoms with Crippen LogP contribution in [0, 0.1) is 5.92 Å². The van der Waals surface area contributed by atoms with E-state index in [-0.39, 0.29) is 23.4 Å². The first-order chi connectivity index (χ1) is 12.8. The maximum atomic E-state index is 11.6. The number of nitrogens with zero attached hydrogens (tertiary/aromatic N) is 3. The molecule has 1 saturated carbocycles. The molecule has 1 heterocycles. The minimum absolute atomic E-state index is 0.00427. The summed E-state index contributed by atoms with van der Waals surface area (Å²) in [6, 6.07) is 8.64. The zero-order valence-corrected chi connectivity index (χ0v) is 16.6. The van der Waals surface area contributed by atoms with E-state index in [2.05, 4.69) is 67.6 Å². The maximum Gasteiger partial charge on any atom is 0.306 e. The normalized spacial score (nSPS) is 22.9. The van der Waals surface area contributed by atoms with Crippen LogP contribution < -0.4 is 5.32 Å². The van der Waals surface area contributed by atoms with Gasteiger partial charge in [-0.25, -0.2) is 4.68 Å². The molecule has 0 aliphatic heterocycles. The van der Waals surface area contributed by atoms with E-state index in [9.17, 15) is 9.90 Å². The van der Waals surface area contributed by atoms with Crippen LogP contribution in [-0.2, 0) is 23.2 Å². The molecule has 0 spiro atoms. The fourth-order valence-electron chi connectivity index (χ4n) is 3.65. The Morgan fingerprint density at radius 3 is 2.44 bits per heavy atom. The van der Waals surface area contributed by atoms with Gasteiger partial charge in [0.2, 0.25) is 0 Å². The van der Waals surface area contributed by atoms with Crippen LogP contribution in [0.15, 0.2) is 30.5 Å². The molecule has 2 N–H and O–H groups in total. The van der Waals surface area contributed by atoms with Crippen molar-refractivity contribution in [1.29, 1.82) is 0 Å². The number of nitrogens with one attached hydrogen (secondary N) is 1. The van der Waals surface area contributed by atoms with Gasteiger partial charge < -0.3 is 10.4 Å². The zero-order chi connectivity index (χ0) is 19.6. The van der Waals surface area contributed by atoms with E-state index in [4.69, 9.17) is 0 Å². The quantitative estimate of drug-likeness (QED) is 0.815. The number of benzene rings is 1. The Balaban J connectivity index is 1.73. The average molecular weight is 370 g/mol. The van der Waals surface area contributed by atoms with E-state index in [0.29, 0.717) is 12.8 Å². The van der Waals surface area contributed by atoms with Crippen molar-refractivity contribution in [2.45, 2.75) is 71.0 Å². The van der Waals surface area contributed by atoms with Gasteiger partial charge in [0, 0.05) is 24.2 Å². The summed E-state index contributed by atoms with van der Waals surface area (Å²) in [5, 5.41) is 21.7. The number of hydrogen-bond acceptors (Lipinski definition) is 4. The van der Waals surface area contributed by atoms with Crippen molar-refractivity contribution in [2.75, 3.05) is 0 Å². The van der Waals surface area contributed by atoms with Crippen LogP contribution in [0.3, 0.4) is 0 Å². The Hall–Kier alpha value is -2.21. The highest BCUT2D eigenvalue weighted by atomic mass is 16.4. The first-order valence-corrected chi connectivity index (χ1v) is 9.74. The van der Waals surface area contributed by atoms with E-state index in [0.717, 1.165) is 18.7 Å². The van der Waals surface area contributed by atoms with Gasteiger partial charge in [-0.2, -0.15) is 0 Å². The molecule has 0 radical (unpaired) electrons. The largest absolute Gasteiger partial charge is 0.481 e. The minimum atomic E-state index is -0.729. The first-order valence-electron chi connectivity index (χ1n) is 9.74. The summed E-state index contributed by atoms with van der Waals surface area (Å²) in [5.74, 6) is -1.08. The van der Waals surface area contributed by atoms with Crippen molar-refractivity contribution in [3.63, 3.8) is 0 Å². The number of hydrogen-bond donors (Lipinski definition) is 2. The lowest BCUT2D eigenvalue weighted by Crippen LogP contribution is -2.34. The van der Waals surface area contributed by atoms with Crippen molar-refractivity contribution in [2.24, 2.45) is 5.92 Å². The topological polar surface area (TPSA) is 80.0 Å². The van der Waals surface area contributed by atoms with Crippen LogP contribution in [0.4, 0.5) is 0 Å². The van der Waals surface area contributed by atoms with Crippen LogP contribution >= 0.6 is 0 Å². The minimum Gasteiger partial charge on any atom is -0.481 e. The molecule has 0 bridgehead atoms. The lowest BCUT2D eigenvalue weighted by atomic mass is 9.93. The Labute approximate surface area is 161 Å². The summed E-state index contributed by atoms with van der Waals surface area (Å²) in [6.45, 7) is 9.17. The van der Waals surface area contributed by atoms with E-state index in [1.165, 1.54) is 11.1 Å². The Morgan fingerprint density at radius 2 is 1.89 bits per heavy atom. The highest BCUT2D eigenvalue weighted by Gasteiger charge is 2.39. The predicted octanol–water partition coefficient (Wildman–Crippen LogP) is 3.33. The second-order valence-corrected chi connectivity index (χ2v) is 8.57. The monoisotopic (exact) mass is 370 g/mol. The molecule has 3 atom stereocenters. The van der Waals surface area contributed by atoms with Gasteiger partial charge >= 0.3 is 5.97 Å².